The summed E-state index contributed by atoms with van der Waals surface area (Å²) in [5, 5.41) is 0. The largest absolute Gasteiger partial charge is 0.207 e. The number of benzene rings is 5. The highest BCUT2D eigenvalue weighted by Crippen LogP contribution is 2.21. The Hall–Kier alpha value is -4.04. The van der Waals surface area contributed by atoms with Gasteiger partial charge in [-0.2, -0.15) is 0 Å². The number of hydrogen-bond acceptors (Lipinski definition) is 0. The molecule has 0 fully saturated rings. The number of rotatable bonds is 5. The molecular formula is C51H72F2. The summed E-state index contributed by atoms with van der Waals surface area (Å²) in [6.45, 7) is 32.1. The first-order chi connectivity index (χ1) is 24.3. The van der Waals surface area contributed by atoms with Gasteiger partial charge >= 0.3 is 0 Å². The van der Waals surface area contributed by atoms with Crippen molar-refractivity contribution in [3.05, 3.63) is 176 Å². The van der Waals surface area contributed by atoms with E-state index >= 15 is 0 Å². The summed E-state index contributed by atoms with van der Waals surface area (Å²) in [4.78, 5) is 0. The molecule has 53 heavy (non-hydrogen) atoms. The van der Waals surface area contributed by atoms with Crippen LogP contribution in [0.3, 0.4) is 0 Å². The minimum atomic E-state index is -0.146. The first kappa shape index (κ1) is 49.0. The maximum absolute atomic E-state index is 12.7. The summed E-state index contributed by atoms with van der Waals surface area (Å²) in [7, 11) is 0. The number of halogens is 2. The lowest BCUT2D eigenvalue weighted by molar-refractivity contribution is 0.622. The average Bonchev–Trinajstić information content (AvgIpc) is 3.07. The van der Waals surface area contributed by atoms with Crippen molar-refractivity contribution in [2.75, 3.05) is 0 Å². The van der Waals surface area contributed by atoms with Crippen LogP contribution < -0.4 is 0 Å². The molecule has 0 spiro atoms. The van der Waals surface area contributed by atoms with Crippen molar-refractivity contribution >= 4 is 0 Å². The Labute approximate surface area is 325 Å². The molecule has 0 aliphatic heterocycles. The second-order valence-corrected chi connectivity index (χ2v) is 15.4. The number of aryl methyl sites for hydroxylation is 5. The lowest BCUT2D eigenvalue weighted by Crippen LogP contribution is -1.92. The molecule has 0 amide bonds. The molecule has 290 valence electrons. The van der Waals surface area contributed by atoms with Crippen LogP contribution in [0.25, 0.3) is 0 Å². The highest BCUT2D eigenvalue weighted by atomic mass is 19.1. The second-order valence-electron chi connectivity index (χ2n) is 15.4. The quantitative estimate of drug-likeness (QED) is 0.169. The molecule has 0 aliphatic rings. The summed E-state index contributed by atoms with van der Waals surface area (Å²) >= 11 is 0. The highest BCUT2D eigenvalue weighted by Gasteiger charge is 2.05. The Kier molecular flexibility index (Phi) is 23.2. The zero-order valence-corrected chi connectivity index (χ0v) is 35.0. The lowest BCUT2D eigenvalue weighted by atomic mass is 9.98. The van der Waals surface area contributed by atoms with Crippen molar-refractivity contribution in [1.82, 2.24) is 0 Å². The SMILES string of the molecule is C.Cc1cc(F)ccc1C(C)C.Cc1ccc(F)cc1C(C)C.Cc1cccc(C(C)C)c1.Cc1ccccc1C(C)C.Cc1ccccc1C(C)C. The van der Waals surface area contributed by atoms with Gasteiger partial charge in [0.1, 0.15) is 11.6 Å². The fourth-order valence-corrected chi connectivity index (χ4v) is 6.02. The minimum absolute atomic E-state index is 0. The zero-order valence-electron chi connectivity index (χ0n) is 35.0. The summed E-state index contributed by atoms with van der Waals surface area (Å²) in [5.74, 6) is 2.56. The fourth-order valence-electron chi connectivity index (χ4n) is 6.02. The Morgan fingerprint density at radius 1 is 0.340 bits per heavy atom. The van der Waals surface area contributed by atoms with Gasteiger partial charge in [-0.3, -0.25) is 0 Å². The van der Waals surface area contributed by atoms with Crippen molar-refractivity contribution in [2.24, 2.45) is 0 Å². The van der Waals surface area contributed by atoms with Crippen LogP contribution in [0, 0.1) is 46.3 Å². The van der Waals surface area contributed by atoms with E-state index in [1.54, 1.807) is 12.1 Å². The molecule has 5 aromatic carbocycles. The Morgan fingerprint density at radius 2 is 0.736 bits per heavy atom. The monoisotopic (exact) mass is 723 g/mol. The van der Waals surface area contributed by atoms with Crippen LogP contribution in [-0.2, 0) is 0 Å². The third kappa shape index (κ3) is 18.5. The molecule has 0 bridgehead atoms. The van der Waals surface area contributed by atoms with Gasteiger partial charge < -0.3 is 0 Å². The topological polar surface area (TPSA) is 0 Å². The van der Waals surface area contributed by atoms with Crippen LogP contribution in [0.4, 0.5) is 8.78 Å². The molecule has 0 unspecified atom stereocenters. The van der Waals surface area contributed by atoms with E-state index in [0.29, 0.717) is 29.6 Å². The molecule has 5 aromatic rings. The van der Waals surface area contributed by atoms with Gasteiger partial charge in [0.05, 0.1) is 0 Å². The van der Waals surface area contributed by atoms with Gasteiger partial charge in [0.15, 0.2) is 0 Å². The fraction of sp³-hybridized carbons (Fsp3) is 0.412. The molecule has 0 atom stereocenters. The van der Waals surface area contributed by atoms with Gasteiger partial charge in [0, 0.05) is 0 Å². The van der Waals surface area contributed by atoms with Gasteiger partial charge in [-0.15, -0.1) is 0 Å². The first-order valence-corrected chi connectivity index (χ1v) is 19.0. The maximum Gasteiger partial charge on any atom is 0.123 e. The van der Waals surface area contributed by atoms with E-state index in [9.17, 15) is 8.78 Å². The van der Waals surface area contributed by atoms with Gasteiger partial charge in [0.25, 0.3) is 0 Å². The zero-order chi connectivity index (χ0) is 39.5. The molecule has 0 saturated heterocycles. The van der Waals surface area contributed by atoms with Gasteiger partial charge in [-0.05, 0) is 139 Å². The standard InChI is InChI=1S/2C10H13F.3C10H14.CH4/c1-7(2)10-5-4-9(11)6-8(10)3;1-7(2)10-6-9(11)5-4-8(10)3;1-8(2)10-6-4-5-9(3)7-10;2*1-8(2)10-7-5-4-6-9(10)3;/h2*4-7H,1-3H3;3*4-8H,1-3H3;1H4. The van der Waals surface area contributed by atoms with Gasteiger partial charge in [0.2, 0.25) is 0 Å². The third-order valence-electron chi connectivity index (χ3n) is 9.05. The van der Waals surface area contributed by atoms with Crippen LogP contribution in [0.5, 0.6) is 0 Å². The van der Waals surface area contributed by atoms with E-state index in [0.717, 1.165) is 11.1 Å². The molecule has 0 aromatic heterocycles. The molecule has 0 heterocycles. The highest BCUT2D eigenvalue weighted by molar-refractivity contribution is 5.31. The van der Waals surface area contributed by atoms with Crippen molar-refractivity contribution in [1.29, 1.82) is 0 Å². The number of hydrogen-bond donors (Lipinski definition) is 0. The van der Waals surface area contributed by atoms with E-state index in [-0.39, 0.29) is 19.1 Å². The Bertz CT molecular complexity index is 1690. The van der Waals surface area contributed by atoms with Crippen molar-refractivity contribution in [3.63, 3.8) is 0 Å². The summed E-state index contributed by atoms with van der Waals surface area (Å²) in [5.41, 5.74) is 13.0. The van der Waals surface area contributed by atoms with E-state index < -0.39 is 0 Å². The van der Waals surface area contributed by atoms with E-state index in [4.69, 9.17) is 0 Å². The molecule has 0 radical (unpaired) electrons. The van der Waals surface area contributed by atoms with Crippen molar-refractivity contribution in [2.45, 2.75) is 141 Å². The van der Waals surface area contributed by atoms with Crippen LogP contribution >= 0.6 is 0 Å². The average molecular weight is 723 g/mol. The van der Waals surface area contributed by atoms with E-state index in [2.05, 4.69) is 163 Å². The minimum Gasteiger partial charge on any atom is -0.207 e. The molecule has 0 nitrogen and oxygen atoms in total. The smallest absolute Gasteiger partial charge is 0.123 e. The van der Waals surface area contributed by atoms with Crippen molar-refractivity contribution in [3.8, 4) is 0 Å². The summed E-state index contributed by atoms with van der Waals surface area (Å²) in [6, 6.07) is 35.6. The van der Waals surface area contributed by atoms with Crippen LogP contribution in [0.2, 0.25) is 0 Å². The normalized spacial score (nSPS) is 10.3. The summed E-state index contributed by atoms with van der Waals surface area (Å²) in [6.07, 6.45) is 0. The second kappa shape index (κ2) is 25.1. The Balaban J connectivity index is 0.000000635. The van der Waals surface area contributed by atoms with E-state index in [1.165, 1.54) is 56.6 Å². The molecule has 2 heteroatoms. The first-order valence-electron chi connectivity index (χ1n) is 19.0. The third-order valence-corrected chi connectivity index (χ3v) is 9.05. The van der Waals surface area contributed by atoms with Crippen LogP contribution in [0.15, 0.2) is 109 Å². The van der Waals surface area contributed by atoms with Gasteiger partial charge in [-0.1, -0.05) is 167 Å². The van der Waals surface area contributed by atoms with Crippen LogP contribution in [-0.4, -0.2) is 0 Å². The molecule has 0 saturated carbocycles. The Morgan fingerprint density at radius 3 is 1.08 bits per heavy atom. The molecule has 0 aliphatic carbocycles. The lowest BCUT2D eigenvalue weighted by Gasteiger charge is -2.08. The molecule has 0 N–H and O–H groups in total. The predicted octanol–water partition coefficient (Wildman–Crippen LogP) is 16.5. The van der Waals surface area contributed by atoms with Crippen LogP contribution in [0.1, 0.15) is 162 Å². The molecular weight excluding hydrogens is 651 g/mol. The summed E-state index contributed by atoms with van der Waals surface area (Å²) < 4.78 is 25.3. The van der Waals surface area contributed by atoms with Gasteiger partial charge in [-0.25, -0.2) is 8.78 Å². The predicted molar refractivity (Wildman–Crippen MR) is 233 cm³/mol. The molecule has 5 rings (SSSR count). The van der Waals surface area contributed by atoms with E-state index in [1.807, 2.05) is 26.0 Å². The van der Waals surface area contributed by atoms with Crippen molar-refractivity contribution < 1.29 is 8.78 Å². The maximum atomic E-state index is 12.7.